The highest BCUT2D eigenvalue weighted by Gasteiger charge is 2.09. The number of anilines is 1. The van der Waals surface area contributed by atoms with Crippen molar-refractivity contribution in [1.82, 2.24) is 9.97 Å². The largest absolute Gasteiger partial charge is 0.474 e. The minimum Gasteiger partial charge on any atom is -0.474 e. The average molecular weight is 238 g/mol. The van der Waals surface area contributed by atoms with E-state index in [4.69, 9.17) is 10.5 Å². The van der Waals surface area contributed by atoms with Crippen LogP contribution in [0.2, 0.25) is 0 Å². The van der Waals surface area contributed by atoms with Crippen LogP contribution in [-0.4, -0.2) is 36.2 Å². The molecule has 1 atom stereocenters. The number of ether oxygens (including phenoxy) is 1. The highest BCUT2D eigenvalue weighted by Crippen LogP contribution is 2.14. The van der Waals surface area contributed by atoms with Gasteiger partial charge in [-0.05, 0) is 26.3 Å². The zero-order valence-corrected chi connectivity index (χ0v) is 11.1. The number of hydrogen-bond donors (Lipinski definition) is 1. The van der Waals surface area contributed by atoms with Gasteiger partial charge in [0.25, 0.3) is 0 Å². The molecule has 5 heteroatoms. The molecule has 96 valence electrons. The van der Waals surface area contributed by atoms with E-state index in [1.54, 1.807) is 12.4 Å². The van der Waals surface area contributed by atoms with Crippen molar-refractivity contribution in [2.75, 3.05) is 25.0 Å². The van der Waals surface area contributed by atoms with Crippen molar-refractivity contribution in [2.24, 2.45) is 11.7 Å². The van der Waals surface area contributed by atoms with Gasteiger partial charge >= 0.3 is 0 Å². The van der Waals surface area contributed by atoms with Crippen LogP contribution in [0.5, 0.6) is 5.88 Å². The molecule has 17 heavy (non-hydrogen) atoms. The Kier molecular flexibility index (Phi) is 5.15. The van der Waals surface area contributed by atoms with Crippen molar-refractivity contribution in [1.29, 1.82) is 0 Å². The molecular weight excluding hydrogens is 216 g/mol. The molecule has 0 amide bonds. The molecule has 1 aromatic heterocycles. The molecule has 1 rings (SSSR count). The molecule has 0 aromatic carbocycles. The Bertz CT molecular complexity index is 343. The molecule has 0 saturated heterocycles. The normalized spacial score (nSPS) is 12.6. The lowest BCUT2D eigenvalue weighted by Gasteiger charge is -2.21. The summed E-state index contributed by atoms with van der Waals surface area (Å²) in [5.74, 6) is 1.80. The van der Waals surface area contributed by atoms with Crippen LogP contribution in [0.3, 0.4) is 0 Å². The summed E-state index contributed by atoms with van der Waals surface area (Å²) in [5, 5.41) is 0. The molecule has 0 aliphatic heterocycles. The first-order valence-corrected chi connectivity index (χ1v) is 5.92. The first-order chi connectivity index (χ1) is 8.02. The second-order valence-electron chi connectivity index (χ2n) is 4.60. The lowest BCUT2D eigenvalue weighted by atomic mass is 10.2. The van der Waals surface area contributed by atoms with Gasteiger partial charge in [-0.3, -0.25) is 4.98 Å². The van der Waals surface area contributed by atoms with Crippen LogP contribution in [-0.2, 0) is 0 Å². The highest BCUT2D eigenvalue weighted by atomic mass is 16.5. The maximum Gasteiger partial charge on any atom is 0.234 e. The second kappa shape index (κ2) is 6.39. The third kappa shape index (κ3) is 4.56. The van der Waals surface area contributed by atoms with Crippen molar-refractivity contribution < 1.29 is 4.74 Å². The molecule has 0 radical (unpaired) electrons. The highest BCUT2D eigenvalue weighted by molar-refractivity contribution is 5.36. The molecule has 0 aliphatic rings. The van der Waals surface area contributed by atoms with E-state index >= 15 is 0 Å². The maximum absolute atomic E-state index is 5.61. The lowest BCUT2D eigenvalue weighted by Crippen LogP contribution is -2.29. The van der Waals surface area contributed by atoms with Crippen LogP contribution in [0.15, 0.2) is 12.4 Å². The molecule has 1 heterocycles. The summed E-state index contributed by atoms with van der Waals surface area (Å²) in [6.45, 7) is 7.57. The van der Waals surface area contributed by atoms with Gasteiger partial charge in [0.05, 0.1) is 18.5 Å². The number of rotatable bonds is 6. The second-order valence-corrected chi connectivity index (χ2v) is 4.60. The van der Waals surface area contributed by atoms with Gasteiger partial charge < -0.3 is 15.4 Å². The number of nitrogens with zero attached hydrogens (tertiary/aromatic N) is 3. The predicted octanol–water partition coefficient (Wildman–Crippen LogP) is 1.29. The molecule has 1 unspecified atom stereocenters. The predicted molar refractivity (Wildman–Crippen MR) is 69.3 cm³/mol. The molecule has 2 N–H and O–H groups in total. The van der Waals surface area contributed by atoms with Gasteiger partial charge in [-0.1, -0.05) is 6.92 Å². The van der Waals surface area contributed by atoms with Crippen molar-refractivity contribution in [3.05, 3.63) is 12.4 Å². The Balaban J connectivity index is 2.70. The molecule has 1 aromatic rings. The summed E-state index contributed by atoms with van der Waals surface area (Å²) >= 11 is 0. The number of hydrogen-bond acceptors (Lipinski definition) is 5. The van der Waals surface area contributed by atoms with Gasteiger partial charge in [-0.15, -0.1) is 0 Å². The topological polar surface area (TPSA) is 64.3 Å². The SMILES string of the molecule is CC(CN)CN(C)c1cncc(OC(C)C)n1. The zero-order chi connectivity index (χ0) is 12.8. The quantitative estimate of drug-likeness (QED) is 0.809. The first-order valence-electron chi connectivity index (χ1n) is 5.92. The van der Waals surface area contributed by atoms with E-state index in [1.807, 2.05) is 25.8 Å². The summed E-state index contributed by atoms with van der Waals surface area (Å²) in [6, 6.07) is 0. The Morgan fingerprint density at radius 2 is 2.06 bits per heavy atom. The monoisotopic (exact) mass is 238 g/mol. The fourth-order valence-electron chi connectivity index (χ4n) is 1.46. The van der Waals surface area contributed by atoms with E-state index in [-0.39, 0.29) is 6.10 Å². The van der Waals surface area contributed by atoms with Gasteiger partial charge in [0.15, 0.2) is 5.82 Å². The van der Waals surface area contributed by atoms with Crippen molar-refractivity contribution >= 4 is 5.82 Å². The Morgan fingerprint density at radius 3 is 2.65 bits per heavy atom. The minimum atomic E-state index is 0.104. The van der Waals surface area contributed by atoms with E-state index in [1.165, 1.54) is 0 Å². The van der Waals surface area contributed by atoms with E-state index in [2.05, 4.69) is 16.9 Å². The lowest BCUT2D eigenvalue weighted by molar-refractivity contribution is 0.231. The fraction of sp³-hybridized carbons (Fsp3) is 0.667. The molecule has 5 nitrogen and oxygen atoms in total. The van der Waals surface area contributed by atoms with E-state index in [9.17, 15) is 0 Å². The molecule has 0 saturated carbocycles. The molecule has 0 spiro atoms. The van der Waals surface area contributed by atoms with Crippen LogP contribution in [0.1, 0.15) is 20.8 Å². The zero-order valence-electron chi connectivity index (χ0n) is 11.1. The molecule has 0 bridgehead atoms. The number of aromatic nitrogens is 2. The minimum absolute atomic E-state index is 0.104. The Morgan fingerprint density at radius 1 is 1.35 bits per heavy atom. The summed E-state index contributed by atoms with van der Waals surface area (Å²) < 4.78 is 5.51. The third-order valence-electron chi connectivity index (χ3n) is 2.34. The maximum atomic E-state index is 5.61. The van der Waals surface area contributed by atoms with Crippen molar-refractivity contribution in [3.8, 4) is 5.88 Å². The van der Waals surface area contributed by atoms with Crippen LogP contribution >= 0.6 is 0 Å². The van der Waals surface area contributed by atoms with Crippen molar-refractivity contribution in [2.45, 2.75) is 26.9 Å². The Hall–Kier alpha value is -1.36. The van der Waals surface area contributed by atoms with Crippen LogP contribution < -0.4 is 15.4 Å². The van der Waals surface area contributed by atoms with Gasteiger partial charge in [0.1, 0.15) is 0 Å². The fourth-order valence-corrected chi connectivity index (χ4v) is 1.46. The van der Waals surface area contributed by atoms with Gasteiger partial charge in [-0.2, -0.15) is 4.98 Å². The summed E-state index contributed by atoms with van der Waals surface area (Å²) in [5.41, 5.74) is 5.61. The van der Waals surface area contributed by atoms with Crippen LogP contribution in [0.25, 0.3) is 0 Å². The summed E-state index contributed by atoms with van der Waals surface area (Å²) in [7, 11) is 1.98. The Labute approximate surface area is 103 Å². The average Bonchev–Trinajstić information content (AvgIpc) is 2.28. The van der Waals surface area contributed by atoms with Gasteiger partial charge in [0, 0.05) is 13.6 Å². The summed E-state index contributed by atoms with van der Waals surface area (Å²) in [4.78, 5) is 10.6. The van der Waals surface area contributed by atoms with Gasteiger partial charge in [0.2, 0.25) is 5.88 Å². The van der Waals surface area contributed by atoms with Crippen LogP contribution in [0.4, 0.5) is 5.82 Å². The van der Waals surface area contributed by atoms with E-state index in [0.717, 1.165) is 12.4 Å². The standard InChI is InChI=1S/C12H22N4O/c1-9(2)17-12-7-14-6-11(15-12)16(4)8-10(3)5-13/h6-7,9-10H,5,8,13H2,1-4H3. The smallest absolute Gasteiger partial charge is 0.234 e. The van der Waals surface area contributed by atoms with E-state index in [0.29, 0.717) is 18.3 Å². The molecular formula is C12H22N4O. The first kappa shape index (κ1) is 13.7. The number of nitrogens with two attached hydrogens (primary N) is 1. The third-order valence-corrected chi connectivity index (χ3v) is 2.34. The van der Waals surface area contributed by atoms with Crippen molar-refractivity contribution in [3.63, 3.8) is 0 Å². The molecule has 0 aliphatic carbocycles. The van der Waals surface area contributed by atoms with Gasteiger partial charge in [-0.25, -0.2) is 0 Å². The summed E-state index contributed by atoms with van der Waals surface area (Å²) in [6.07, 6.45) is 3.47. The molecule has 0 fully saturated rings. The van der Waals surface area contributed by atoms with Crippen LogP contribution in [0, 0.1) is 5.92 Å². The van der Waals surface area contributed by atoms with E-state index < -0.39 is 0 Å².